The van der Waals surface area contributed by atoms with Crippen molar-refractivity contribution in [2.75, 3.05) is 20.1 Å². The minimum absolute atomic E-state index is 0.731. The fraction of sp³-hybridized carbons (Fsp3) is 0.538. The average Bonchev–Trinajstić information content (AvgIpc) is 2.71. The number of likely N-dealkylation sites (tertiary alicyclic amines) is 1. The summed E-state index contributed by atoms with van der Waals surface area (Å²) in [6.07, 6.45) is 5.45. The zero-order valence-corrected chi connectivity index (χ0v) is 10.2. The van der Waals surface area contributed by atoms with Crippen LogP contribution in [0.2, 0.25) is 0 Å². The Labute approximate surface area is 101 Å². The van der Waals surface area contributed by atoms with E-state index in [4.69, 9.17) is 0 Å². The first kappa shape index (κ1) is 10.7. The maximum absolute atomic E-state index is 4.55. The van der Waals surface area contributed by atoms with Crippen molar-refractivity contribution in [3.05, 3.63) is 24.2 Å². The van der Waals surface area contributed by atoms with Gasteiger partial charge in [0.2, 0.25) is 0 Å². The molecule has 90 valence electrons. The maximum atomic E-state index is 4.55. The van der Waals surface area contributed by atoms with Crippen LogP contribution in [-0.4, -0.2) is 40.0 Å². The van der Waals surface area contributed by atoms with Crippen LogP contribution < -0.4 is 0 Å². The molecule has 1 N–H and O–H groups in total. The Morgan fingerprint density at radius 3 is 3.29 bits per heavy atom. The molecule has 0 amide bonds. The number of hydrogen-bond acceptors (Lipinski definition) is 3. The molecule has 0 bridgehead atoms. The molecule has 1 aliphatic heterocycles. The minimum Gasteiger partial charge on any atom is -0.341 e. The van der Waals surface area contributed by atoms with Gasteiger partial charge in [0.05, 0.1) is 5.52 Å². The summed E-state index contributed by atoms with van der Waals surface area (Å²) in [7, 11) is 2.20. The van der Waals surface area contributed by atoms with Crippen LogP contribution in [0.15, 0.2) is 18.3 Å². The van der Waals surface area contributed by atoms with Crippen LogP contribution in [0.25, 0.3) is 11.2 Å². The topological polar surface area (TPSA) is 44.8 Å². The van der Waals surface area contributed by atoms with Crippen LogP contribution in [0.5, 0.6) is 0 Å². The molecule has 1 aliphatic rings. The van der Waals surface area contributed by atoms with Crippen molar-refractivity contribution in [3.8, 4) is 0 Å². The monoisotopic (exact) mass is 230 g/mol. The van der Waals surface area contributed by atoms with Crippen molar-refractivity contribution in [1.82, 2.24) is 19.9 Å². The summed E-state index contributed by atoms with van der Waals surface area (Å²) in [4.78, 5) is 14.6. The van der Waals surface area contributed by atoms with Crippen molar-refractivity contribution >= 4 is 11.2 Å². The van der Waals surface area contributed by atoms with E-state index in [0.29, 0.717) is 0 Å². The van der Waals surface area contributed by atoms with E-state index in [0.717, 1.165) is 29.3 Å². The van der Waals surface area contributed by atoms with Gasteiger partial charge in [0.15, 0.2) is 5.65 Å². The molecule has 0 aliphatic carbocycles. The van der Waals surface area contributed by atoms with Gasteiger partial charge in [0.25, 0.3) is 0 Å². The van der Waals surface area contributed by atoms with Gasteiger partial charge < -0.3 is 9.88 Å². The summed E-state index contributed by atoms with van der Waals surface area (Å²) in [5.74, 6) is 1.81. The second kappa shape index (κ2) is 4.45. The lowest BCUT2D eigenvalue weighted by Gasteiger charge is -2.29. The van der Waals surface area contributed by atoms with Crippen molar-refractivity contribution in [2.45, 2.75) is 19.3 Å². The van der Waals surface area contributed by atoms with E-state index in [1.54, 1.807) is 6.20 Å². The number of aromatic nitrogens is 3. The number of hydrogen-bond donors (Lipinski definition) is 1. The van der Waals surface area contributed by atoms with E-state index in [2.05, 4.69) is 26.9 Å². The van der Waals surface area contributed by atoms with E-state index in [1.807, 2.05) is 12.1 Å². The van der Waals surface area contributed by atoms with Crippen molar-refractivity contribution in [3.63, 3.8) is 0 Å². The number of pyridine rings is 1. The molecule has 1 saturated heterocycles. The third-order valence-electron chi connectivity index (χ3n) is 3.51. The minimum atomic E-state index is 0.731. The Hall–Kier alpha value is -1.42. The number of imidazole rings is 1. The number of aromatic amines is 1. The number of rotatable bonds is 2. The molecule has 4 heteroatoms. The number of fused-ring (bicyclic) bond motifs is 1. The normalized spacial score (nSPS) is 22.1. The molecular formula is C13H18N4. The standard InChI is InChI=1S/C13H18N4/c1-17-7-3-4-10(9-17)8-12-15-11-5-2-6-14-13(11)16-12/h2,5-6,10H,3-4,7-9H2,1H3,(H,14,15,16). The van der Waals surface area contributed by atoms with Crippen LogP contribution >= 0.6 is 0 Å². The highest BCUT2D eigenvalue weighted by Crippen LogP contribution is 2.19. The summed E-state index contributed by atoms with van der Waals surface area (Å²) in [5, 5.41) is 0. The smallest absolute Gasteiger partial charge is 0.177 e. The highest BCUT2D eigenvalue weighted by Gasteiger charge is 2.18. The van der Waals surface area contributed by atoms with Crippen molar-refractivity contribution in [2.24, 2.45) is 5.92 Å². The zero-order chi connectivity index (χ0) is 11.7. The first-order chi connectivity index (χ1) is 8.31. The van der Waals surface area contributed by atoms with Gasteiger partial charge in [0.1, 0.15) is 5.82 Å². The Morgan fingerprint density at radius 2 is 2.47 bits per heavy atom. The Bertz CT molecular complexity index is 472. The third kappa shape index (κ3) is 2.31. The lowest BCUT2D eigenvalue weighted by Crippen LogP contribution is -2.33. The van der Waals surface area contributed by atoms with E-state index in [1.165, 1.54) is 25.9 Å². The Morgan fingerprint density at radius 1 is 1.53 bits per heavy atom. The van der Waals surface area contributed by atoms with Gasteiger partial charge >= 0.3 is 0 Å². The molecule has 2 aromatic rings. The average molecular weight is 230 g/mol. The fourth-order valence-corrected chi connectivity index (χ4v) is 2.70. The molecule has 0 aromatic carbocycles. The Kier molecular flexibility index (Phi) is 2.81. The van der Waals surface area contributed by atoms with Crippen LogP contribution in [0.1, 0.15) is 18.7 Å². The van der Waals surface area contributed by atoms with E-state index in [9.17, 15) is 0 Å². The molecule has 3 rings (SSSR count). The van der Waals surface area contributed by atoms with Gasteiger partial charge in [-0.1, -0.05) is 0 Å². The number of nitrogens with zero attached hydrogens (tertiary/aromatic N) is 3. The largest absolute Gasteiger partial charge is 0.341 e. The summed E-state index contributed by atoms with van der Waals surface area (Å²) in [5.41, 5.74) is 1.89. The molecule has 17 heavy (non-hydrogen) atoms. The Balaban J connectivity index is 1.75. The van der Waals surface area contributed by atoms with Gasteiger partial charge in [-0.15, -0.1) is 0 Å². The SMILES string of the molecule is CN1CCCC(Cc2nc3ncccc3[nH]2)C1. The van der Waals surface area contributed by atoms with Gasteiger partial charge in [-0.05, 0) is 44.5 Å². The van der Waals surface area contributed by atoms with E-state index in [-0.39, 0.29) is 0 Å². The fourth-order valence-electron chi connectivity index (χ4n) is 2.70. The quantitative estimate of drug-likeness (QED) is 0.856. The van der Waals surface area contributed by atoms with E-state index >= 15 is 0 Å². The molecular weight excluding hydrogens is 212 g/mol. The first-order valence-corrected chi connectivity index (χ1v) is 6.29. The summed E-state index contributed by atoms with van der Waals surface area (Å²) < 4.78 is 0. The number of piperidine rings is 1. The third-order valence-corrected chi connectivity index (χ3v) is 3.51. The van der Waals surface area contributed by atoms with Crippen LogP contribution in [0, 0.1) is 5.92 Å². The molecule has 0 saturated carbocycles. The molecule has 0 radical (unpaired) electrons. The second-order valence-corrected chi connectivity index (χ2v) is 5.03. The summed E-state index contributed by atoms with van der Waals surface area (Å²) in [6, 6.07) is 3.98. The van der Waals surface area contributed by atoms with Crippen LogP contribution in [0.3, 0.4) is 0 Å². The van der Waals surface area contributed by atoms with Gasteiger partial charge in [0, 0.05) is 19.2 Å². The first-order valence-electron chi connectivity index (χ1n) is 6.29. The number of H-pyrrole nitrogens is 1. The zero-order valence-electron chi connectivity index (χ0n) is 10.2. The van der Waals surface area contributed by atoms with Crippen LogP contribution in [0.4, 0.5) is 0 Å². The summed E-state index contributed by atoms with van der Waals surface area (Å²) >= 11 is 0. The van der Waals surface area contributed by atoms with Crippen LogP contribution in [-0.2, 0) is 6.42 Å². The highest BCUT2D eigenvalue weighted by atomic mass is 15.1. The molecule has 3 heterocycles. The predicted octanol–water partition coefficient (Wildman–Crippen LogP) is 1.84. The van der Waals surface area contributed by atoms with E-state index < -0.39 is 0 Å². The molecule has 1 fully saturated rings. The second-order valence-electron chi connectivity index (χ2n) is 5.03. The summed E-state index contributed by atoms with van der Waals surface area (Å²) in [6.45, 7) is 2.42. The molecule has 4 nitrogen and oxygen atoms in total. The predicted molar refractivity (Wildman–Crippen MR) is 67.8 cm³/mol. The van der Waals surface area contributed by atoms with Crippen molar-refractivity contribution in [1.29, 1.82) is 0 Å². The van der Waals surface area contributed by atoms with Crippen molar-refractivity contribution < 1.29 is 0 Å². The molecule has 1 unspecified atom stereocenters. The van der Waals surface area contributed by atoms with Gasteiger partial charge in [-0.3, -0.25) is 0 Å². The lowest BCUT2D eigenvalue weighted by molar-refractivity contribution is 0.208. The number of nitrogens with one attached hydrogen (secondary N) is 1. The lowest BCUT2D eigenvalue weighted by atomic mass is 9.95. The highest BCUT2D eigenvalue weighted by molar-refractivity contribution is 5.69. The van der Waals surface area contributed by atoms with Gasteiger partial charge in [-0.25, -0.2) is 9.97 Å². The van der Waals surface area contributed by atoms with Gasteiger partial charge in [-0.2, -0.15) is 0 Å². The molecule has 2 aromatic heterocycles. The molecule has 1 atom stereocenters. The maximum Gasteiger partial charge on any atom is 0.177 e. The molecule has 0 spiro atoms.